The molecule has 0 saturated carbocycles. The largest absolute Gasteiger partial charge is 0.331 e. The highest BCUT2D eigenvalue weighted by molar-refractivity contribution is 5.99. The molecule has 0 unspecified atom stereocenters. The molecule has 4 heteroatoms. The van der Waals surface area contributed by atoms with Crippen molar-refractivity contribution in [2.24, 2.45) is 5.92 Å². The number of amides is 2. The first-order valence-electron chi connectivity index (χ1n) is 12.9. The molecule has 3 aromatic rings. The number of carbonyl (C=O) groups is 2. The first kappa shape index (κ1) is 25.7. The molecule has 2 atom stereocenters. The summed E-state index contributed by atoms with van der Waals surface area (Å²) in [6, 6.07) is 21.9. The summed E-state index contributed by atoms with van der Waals surface area (Å²) in [4.78, 5) is 29.7. The van der Waals surface area contributed by atoms with Crippen LogP contribution in [0.15, 0.2) is 66.7 Å². The SMILES string of the molecule is Cc1cc(C)c(C(=O)N2CCC[C@H](C(=O)Nc3cccc(C(C)(C)C)c3)[C@@H]2c2ccccc2)c(C)c1. The lowest BCUT2D eigenvalue weighted by Crippen LogP contribution is -2.46. The number of aryl methyl sites for hydroxylation is 3. The number of rotatable bonds is 4. The van der Waals surface area contributed by atoms with Crippen LogP contribution in [0.25, 0.3) is 0 Å². The van der Waals surface area contributed by atoms with Crippen LogP contribution in [-0.4, -0.2) is 23.3 Å². The number of carbonyl (C=O) groups excluding carboxylic acids is 2. The van der Waals surface area contributed by atoms with Gasteiger partial charge < -0.3 is 10.2 Å². The summed E-state index contributed by atoms with van der Waals surface area (Å²) in [5, 5.41) is 3.18. The van der Waals surface area contributed by atoms with Crippen molar-refractivity contribution in [3.8, 4) is 0 Å². The average molecular weight is 483 g/mol. The maximum absolute atomic E-state index is 14.0. The lowest BCUT2D eigenvalue weighted by Gasteiger charge is -2.41. The van der Waals surface area contributed by atoms with Crippen LogP contribution in [0.5, 0.6) is 0 Å². The fourth-order valence-corrected chi connectivity index (χ4v) is 5.52. The minimum Gasteiger partial charge on any atom is -0.331 e. The Hall–Kier alpha value is -3.40. The molecular formula is C32H38N2O2. The smallest absolute Gasteiger partial charge is 0.254 e. The Kier molecular flexibility index (Phi) is 7.35. The van der Waals surface area contributed by atoms with Gasteiger partial charge in [-0.1, -0.05) is 80.9 Å². The summed E-state index contributed by atoms with van der Waals surface area (Å²) in [5.74, 6) is -0.370. The van der Waals surface area contributed by atoms with Crippen LogP contribution < -0.4 is 5.32 Å². The van der Waals surface area contributed by atoms with E-state index in [0.29, 0.717) is 6.54 Å². The van der Waals surface area contributed by atoms with Crippen molar-refractivity contribution in [3.05, 3.63) is 100 Å². The quantitative estimate of drug-likeness (QED) is 0.430. The fraction of sp³-hybridized carbons (Fsp3) is 0.375. The van der Waals surface area contributed by atoms with Gasteiger partial charge in [-0.2, -0.15) is 0 Å². The third-order valence-electron chi connectivity index (χ3n) is 7.26. The van der Waals surface area contributed by atoms with E-state index >= 15 is 0 Å². The van der Waals surface area contributed by atoms with Gasteiger partial charge in [0.25, 0.3) is 5.91 Å². The van der Waals surface area contributed by atoms with Crippen LogP contribution >= 0.6 is 0 Å². The Bertz CT molecular complexity index is 1230. The molecule has 0 bridgehead atoms. The van der Waals surface area contributed by atoms with Crippen LogP contribution in [-0.2, 0) is 10.2 Å². The molecule has 4 rings (SSSR count). The molecular weight excluding hydrogens is 444 g/mol. The third-order valence-corrected chi connectivity index (χ3v) is 7.26. The van der Waals surface area contributed by atoms with E-state index in [1.165, 1.54) is 5.56 Å². The second kappa shape index (κ2) is 10.3. The summed E-state index contributed by atoms with van der Waals surface area (Å²) in [6.07, 6.45) is 1.53. The molecule has 0 spiro atoms. The van der Waals surface area contributed by atoms with E-state index in [0.717, 1.165) is 46.3 Å². The molecule has 2 amide bonds. The molecule has 188 valence electrons. The zero-order valence-corrected chi connectivity index (χ0v) is 22.4. The molecule has 3 aromatic carbocycles. The molecule has 1 fully saturated rings. The minimum atomic E-state index is -0.338. The molecule has 0 aliphatic carbocycles. The van der Waals surface area contributed by atoms with E-state index in [9.17, 15) is 9.59 Å². The van der Waals surface area contributed by atoms with Gasteiger partial charge >= 0.3 is 0 Å². The van der Waals surface area contributed by atoms with Gasteiger partial charge in [-0.3, -0.25) is 9.59 Å². The van der Waals surface area contributed by atoms with Crippen molar-refractivity contribution in [3.63, 3.8) is 0 Å². The molecule has 1 aliphatic heterocycles. The van der Waals surface area contributed by atoms with E-state index in [1.807, 2.05) is 61.2 Å². The number of nitrogens with zero attached hydrogens (tertiary/aromatic N) is 1. The first-order valence-corrected chi connectivity index (χ1v) is 12.9. The average Bonchev–Trinajstić information content (AvgIpc) is 2.83. The summed E-state index contributed by atoms with van der Waals surface area (Å²) in [7, 11) is 0. The summed E-state index contributed by atoms with van der Waals surface area (Å²) >= 11 is 0. The molecule has 1 saturated heterocycles. The number of benzene rings is 3. The second-order valence-electron chi connectivity index (χ2n) is 11.2. The van der Waals surface area contributed by atoms with Gasteiger partial charge in [0.1, 0.15) is 0 Å². The monoisotopic (exact) mass is 482 g/mol. The summed E-state index contributed by atoms with van der Waals surface area (Å²) in [6.45, 7) is 13.2. The summed E-state index contributed by atoms with van der Waals surface area (Å²) < 4.78 is 0. The Morgan fingerprint density at radius 2 is 1.56 bits per heavy atom. The predicted molar refractivity (Wildman–Crippen MR) is 147 cm³/mol. The third kappa shape index (κ3) is 5.38. The number of anilines is 1. The van der Waals surface area contributed by atoms with E-state index in [1.54, 1.807) is 0 Å². The highest BCUT2D eigenvalue weighted by Gasteiger charge is 2.40. The van der Waals surface area contributed by atoms with Gasteiger partial charge in [-0.15, -0.1) is 0 Å². The van der Waals surface area contributed by atoms with Gasteiger partial charge in [-0.05, 0) is 73.4 Å². The zero-order valence-electron chi connectivity index (χ0n) is 22.4. The number of hydrogen-bond acceptors (Lipinski definition) is 2. The van der Waals surface area contributed by atoms with Gasteiger partial charge in [0.15, 0.2) is 0 Å². The topological polar surface area (TPSA) is 49.4 Å². The molecule has 0 aromatic heterocycles. The van der Waals surface area contributed by atoms with Gasteiger partial charge in [-0.25, -0.2) is 0 Å². The van der Waals surface area contributed by atoms with Crippen molar-refractivity contribution in [1.29, 1.82) is 0 Å². The maximum Gasteiger partial charge on any atom is 0.254 e. The van der Waals surface area contributed by atoms with Gasteiger partial charge in [0, 0.05) is 17.8 Å². The number of hydrogen-bond donors (Lipinski definition) is 1. The molecule has 1 heterocycles. The molecule has 36 heavy (non-hydrogen) atoms. The van der Waals surface area contributed by atoms with Crippen LogP contribution in [0.3, 0.4) is 0 Å². The van der Waals surface area contributed by atoms with Crippen LogP contribution in [0.1, 0.15) is 77.8 Å². The normalized spacial score (nSPS) is 18.1. The molecule has 1 aliphatic rings. The molecule has 4 nitrogen and oxygen atoms in total. The molecule has 1 N–H and O–H groups in total. The number of likely N-dealkylation sites (tertiary alicyclic amines) is 1. The van der Waals surface area contributed by atoms with E-state index in [4.69, 9.17) is 0 Å². The summed E-state index contributed by atoms with van der Waals surface area (Å²) in [5.41, 5.74) is 6.82. The molecule has 0 radical (unpaired) electrons. The number of piperidine rings is 1. The predicted octanol–water partition coefficient (Wildman–Crippen LogP) is 7.14. The zero-order chi connectivity index (χ0) is 26.0. The van der Waals surface area contributed by atoms with Crippen LogP contribution in [0, 0.1) is 26.7 Å². The van der Waals surface area contributed by atoms with Gasteiger partial charge in [0.05, 0.1) is 12.0 Å². The maximum atomic E-state index is 14.0. The fourth-order valence-electron chi connectivity index (χ4n) is 5.52. The highest BCUT2D eigenvalue weighted by Crippen LogP contribution is 2.38. The van der Waals surface area contributed by atoms with Gasteiger partial charge in [0.2, 0.25) is 5.91 Å². The Labute approximate surface area is 215 Å². The lowest BCUT2D eigenvalue weighted by atomic mass is 9.83. The minimum absolute atomic E-state index is 0.00563. The van der Waals surface area contributed by atoms with Crippen molar-refractivity contribution in [2.45, 2.75) is 65.8 Å². The highest BCUT2D eigenvalue weighted by atomic mass is 16.2. The van der Waals surface area contributed by atoms with Crippen molar-refractivity contribution in [1.82, 2.24) is 4.90 Å². The Morgan fingerprint density at radius 3 is 2.19 bits per heavy atom. The lowest BCUT2D eigenvalue weighted by molar-refractivity contribution is -0.123. The van der Waals surface area contributed by atoms with Crippen LogP contribution in [0.2, 0.25) is 0 Å². The van der Waals surface area contributed by atoms with Crippen molar-refractivity contribution in [2.75, 3.05) is 11.9 Å². The van der Waals surface area contributed by atoms with Crippen molar-refractivity contribution < 1.29 is 9.59 Å². The Morgan fingerprint density at radius 1 is 0.889 bits per heavy atom. The second-order valence-corrected chi connectivity index (χ2v) is 11.2. The Balaban J connectivity index is 1.69. The van der Waals surface area contributed by atoms with Crippen molar-refractivity contribution >= 4 is 17.5 Å². The van der Waals surface area contributed by atoms with Crippen LogP contribution in [0.4, 0.5) is 5.69 Å². The number of nitrogens with one attached hydrogen (secondary N) is 1. The van der Waals surface area contributed by atoms with E-state index < -0.39 is 0 Å². The standard InChI is InChI=1S/C32H38N2O2/c1-21-18-22(2)28(23(3)19-21)31(36)34-17-11-16-27(29(34)24-12-8-7-9-13-24)30(35)33-26-15-10-14-25(20-26)32(4,5)6/h7-10,12-15,18-20,27,29H,11,16-17H2,1-6H3,(H,33,35)/t27-,29-/m0/s1. The van der Waals surface area contributed by atoms with E-state index in [-0.39, 0.29) is 29.2 Å². The first-order chi connectivity index (χ1) is 17.1. The van der Waals surface area contributed by atoms with E-state index in [2.05, 4.69) is 57.3 Å².